The second-order valence-electron chi connectivity index (χ2n) is 4.90. The van der Waals surface area contributed by atoms with Crippen molar-refractivity contribution in [2.45, 2.75) is 51.5 Å². The fourth-order valence-corrected chi connectivity index (χ4v) is 2.20. The molecule has 4 nitrogen and oxygen atoms in total. The zero-order chi connectivity index (χ0) is 12.5. The molecule has 0 aliphatic carbocycles. The largest absolute Gasteiger partial charge is 0.381 e. The molecule has 3 N–H and O–H groups in total. The minimum absolute atomic E-state index is 0.155. The normalized spacial score (nSPS) is 18.9. The van der Waals surface area contributed by atoms with Gasteiger partial charge in [0.2, 0.25) is 5.91 Å². The van der Waals surface area contributed by atoms with Crippen molar-refractivity contribution in [3.05, 3.63) is 0 Å². The van der Waals surface area contributed by atoms with Crippen LogP contribution in [-0.4, -0.2) is 31.7 Å². The molecule has 0 aromatic rings. The van der Waals surface area contributed by atoms with Crippen LogP contribution >= 0.6 is 0 Å². The number of carbonyl (C=O) groups is 1. The molecule has 0 saturated carbocycles. The van der Waals surface area contributed by atoms with E-state index in [1.807, 2.05) is 0 Å². The molecule has 17 heavy (non-hydrogen) atoms. The fraction of sp³-hybridized carbons (Fsp3) is 0.923. The molecule has 1 aliphatic heterocycles. The van der Waals surface area contributed by atoms with Gasteiger partial charge in [-0.2, -0.15) is 0 Å². The first-order chi connectivity index (χ1) is 8.26. The van der Waals surface area contributed by atoms with Gasteiger partial charge < -0.3 is 15.8 Å². The Kier molecular flexibility index (Phi) is 7.21. The van der Waals surface area contributed by atoms with Crippen LogP contribution in [-0.2, 0) is 9.53 Å². The highest BCUT2D eigenvalue weighted by Gasteiger charge is 2.18. The Morgan fingerprint density at radius 2 is 2.18 bits per heavy atom. The van der Waals surface area contributed by atoms with Crippen molar-refractivity contribution >= 4 is 5.91 Å². The van der Waals surface area contributed by atoms with Gasteiger partial charge in [-0.3, -0.25) is 4.79 Å². The lowest BCUT2D eigenvalue weighted by atomic mass is 9.96. The zero-order valence-corrected chi connectivity index (χ0v) is 10.9. The summed E-state index contributed by atoms with van der Waals surface area (Å²) in [6.07, 6.45) is 5.91. The van der Waals surface area contributed by atoms with Crippen molar-refractivity contribution in [1.29, 1.82) is 0 Å². The van der Waals surface area contributed by atoms with Gasteiger partial charge in [0.1, 0.15) is 0 Å². The van der Waals surface area contributed by atoms with Crippen LogP contribution in [0.15, 0.2) is 0 Å². The van der Waals surface area contributed by atoms with Crippen molar-refractivity contribution in [3.63, 3.8) is 0 Å². The van der Waals surface area contributed by atoms with Gasteiger partial charge in [0.25, 0.3) is 0 Å². The van der Waals surface area contributed by atoms with Crippen LogP contribution in [0.4, 0.5) is 0 Å². The summed E-state index contributed by atoms with van der Waals surface area (Å²) in [6.45, 7) is 4.29. The Bertz CT molecular complexity index is 215. The average molecular weight is 242 g/mol. The van der Waals surface area contributed by atoms with Crippen molar-refractivity contribution in [2.75, 3.05) is 19.8 Å². The molecule has 1 saturated heterocycles. The average Bonchev–Trinajstić information content (AvgIpc) is 2.35. The Morgan fingerprint density at radius 1 is 1.47 bits per heavy atom. The number of hydrogen-bond acceptors (Lipinski definition) is 3. The van der Waals surface area contributed by atoms with E-state index in [9.17, 15) is 4.79 Å². The molecule has 1 heterocycles. The first-order valence-corrected chi connectivity index (χ1v) is 6.83. The third-order valence-electron chi connectivity index (χ3n) is 3.37. The number of rotatable bonds is 7. The molecule has 0 spiro atoms. The summed E-state index contributed by atoms with van der Waals surface area (Å²) in [5, 5.41) is 3.04. The summed E-state index contributed by atoms with van der Waals surface area (Å²) >= 11 is 0. The van der Waals surface area contributed by atoms with Gasteiger partial charge in [0.15, 0.2) is 0 Å². The van der Waals surface area contributed by atoms with Crippen molar-refractivity contribution in [2.24, 2.45) is 11.7 Å². The predicted octanol–water partition coefficient (Wildman–Crippen LogP) is 1.44. The lowest BCUT2D eigenvalue weighted by molar-refractivity contribution is -0.123. The van der Waals surface area contributed by atoms with Crippen molar-refractivity contribution < 1.29 is 9.53 Å². The van der Waals surface area contributed by atoms with E-state index in [0.29, 0.717) is 18.9 Å². The van der Waals surface area contributed by atoms with Gasteiger partial charge in [-0.1, -0.05) is 19.8 Å². The number of hydrogen-bond donors (Lipinski definition) is 2. The quantitative estimate of drug-likeness (QED) is 0.710. The topological polar surface area (TPSA) is 64.3 Å². The van der Waals surface area contributed by atoms with Gasteiger partial charge in [0, 0.05) is 32.2 Å². The van der Waals surface area contributed by atoms with Crippen LogP contribution in [0.5, 0.6) is 0 Å². The van der Waals surface area contributed by atoms with Crippen LogP contribution in [0.1, 0.15) is 45.4 Å². The molecule has 1 rings (SSSR count). The summed E-state index contributed by atoms with van der Waals surface area (Å²) in [4.78, 5) is 11.8. The van der Waals surface area contributed by atoms with Crippen LogP contribution in [0, 0.1) is 5.92 Å². The number of carbonyl (C=O) groups excluding carboxylic acids is 1. The number of nitrogens with two attached hydrogens (primary N) is 1. The van der Waals surface area contributed by atoms with E-state index in [2.05, 4.69) is 12.2 Å². The molecule has 1 unspecified atom stereocenters. The van der Waals surface area contributed by atoms with Gasteiger partial charge in [-0.05, 0) is 25.2 Å². The van der Waals surface area contributed by atoms with Crippen LogP contribution in [0.3, 0.4) is 0 Å². The number of ether oxygens (including phenoxy) is 1. The number of amides is 1. The van der Waals surface area contributed by atoms with E-state index >= 15 is 0 Å². The molecule has 0 bridgehead atoms. The number of unbranched alkanes of at least 4 members (excludes halogenated alkanes) is 1. The molecule has 1 atom stereocenters. The van der Waals surface area contributed by atoms with E-state index in [1.165, 1.54) is 0 Å². The Balaban J connectivity index is 2.21. The minimum Gasteiger partial charge on any atom is -0.381 e. The zero-order valence-electron chi connectivity index (χ0n) is 10.9. The van der Waals surface area contributed by atoms with Crippen LogP contribution < -0.4 is 11.1 Å². The smallest absolute Gasteiger partial charge is 0.220 e. The molecule has 1 amide bonds. The summed E-state index contributed by atoms with van der Waals surface area (Å²) in [7, 11) is 0. The molecule has 0 aromatic heterocycles. The summed E-state index contributed by atoms with van der Waals surface area (Å²) in [5.74, 6) is 0.650. The molecule has 100 valence electrons. The van der Waals surface area contributed by atoms with Crippen LogP contribution in [0.2, 0.25) is 0 Å². The van der Waals surface area contributed by atoms with Crippen molar-refractivity contribution in [1.82, 2.24) is 5.32 Å². The lowest BCUT2D eigenvalue weighted by Crippen LogP contribution is -2.41. The predicted molar refractivity (Wildman–Crippen MR) is 68.7 cm³/mol. The van der Waals surface area contributed by atoms with Gasteiger partial charge in [-0.25, -0.2) is 0 Å². The highest BCUT2D eigenvalue weighted by atomic mass is 16.5. The van der Waals surface area contributed by atoms with E-state index in [0.717, 1.165) is 45.3 Å². The first-order valence-electron chi connectivity index (χ1n) is 6.83. The van der Waals surface area contributed by atoms with Crippen molar-refractivity contribution in [3.8, 4) is 0 Å². The molecule has 1 aliphatic rings. The van der Waals surface area contributed by atoms with E-state index in [1.54, 1.807) is 0 Å². The standard InChI is InChI=1S/C13H26N2O2/c1-2-3-4-12(10-14)15-13(16)9-11-5-7-17-8-6-11/h11-12H,2-10,14H2,1H3,(H,15,16). The SMILES string of the molecule is CCCCC(CN)NC(=O)CC1CCOCC1. The molecular weight excluding hydrogens is 216 g/mol. The summed E-state index contributed by atoms with van der Waals surface area (Å²) in [5.41, 5.74) is 5.66. The van der Waals surface area contributed by atoms with Gasteiger partial charge in [0.05, 0.1) is 0 Å². The molecule has 0 radical (unpaired) electrons. The third-order valence-corrected chi connectivity index (χ3v) is 3.37. The minimum atomic E-state index is 0.155. The molecular formula is C13H26N2O2. The molecule has 1 fully saturated rings. The third kappa shape index (κ3) is 6.03. The van der Waals surface area contributed by atoms with E-state index in [-0.39, 0.29) is 11.9 Å². The lowest BCUT2D eigenvalue weighted by Gasteiger charge is -2.23. The Hall–Kier alpha value is -0.610. The second-order valence-corrected chi connectivity index (χ2v) is 4.90. The maximum atomic E-state index is 11.8. The summed E-state index contributed by atoms with van der Waals surface area (Å²) in [6, 6.07) is 0.155. The molecule has 0 aromatic carbocycles. The number of nitrogens with one attached hydrogen (secondary N) is 1. The maximum absolute atomic E-state index is 11.8. The van der Waals surface area contributed by atoms with Gasteiger partial charge >= 0.3 is 0 Å². The first kappa shape index (κ1) is 14.5. The monoisotopic (exact) mass is 242 g/mol. The fourth-order valence-electron chi connectivity index (χ4n) is 2.20. The van der Waals surface area contributed by atoms with E-state index in [4.69, 9.17) is 10.5 Å². The second kappa shape index (κ2) is 8.48. The van der Waals surface area contributed by atoms with Gasteiger partial charge in [-0.15, -0.1) is 0 Å². The Morgan fingerprint density at radius 3 is 2.76 bits per heavy atom. The molecule has 4 heteroatoms. The highest BCUT2D eigenvalue weighted by Crippen LogP contribution is 2.18. The maximum Gasteiger partial charge on any atom is 0.220 e. The van der Waals surface area contributed by atoms with E-state index < -0.39 is 0 Å². The highest BCUT2D eigenvalue weighted by molar-refractivity contribution is 5.76. The Labute approximate surface area is 104 Å². The summed E-state index contributed by atoms with van der Waals surface area (Å²) < 4.78 is 5.28. The van der Waals surface area contributed by atoms with Crippen LogP contribution in [0.25, 0.3) is 0 Å².